The number of nitrogens with zero attached hydrogens (tertiary/aromatic N) is 2. The first-order chi connectivity index (χ1) is 11.1. The fraction of sp³-hybridized carbons (Fsp3) is 0. The quantitative estimate of drug-likeness (QED) is 0.754. The zero-order chi connectivity index (χ0) is 16.2. The summed E-state index contributed by atoms with van der Waals surface area (Å²) in [5, 5.41) is 12.9. The molecule has 23 heavy (non-hydrogen) atoms. The van der Waals surface area contributed by atoms with Gasteiger partial charge in [0.2, 0.25) is 0 Å². The Bertz CT molecular complexity index is 836. The summed E-state index contributed by atoms with van der Waals surface area (Å²) < 4.78 is 18.1. The Morgan fingerprint density at radius 1 is 1.04 bits per heavy atom. The Kier molecular flexibility index (Phi) is 4.20. The Morgan fingerprint density at radius 2 is 1.78 bits per heavy atom. The Labute approximate surface area is 135 Å². The van der Waals surface area contributed by atoms with Gasteiger partial charge < -0.3 is 9.73 Å². The second-order valence-corrected chi connectivity index (χ2v) is 4.89. The third-order valence-electron chi connectivity index (χ3n) is 2.85. The molecule has 0 unspecified atom stereocenters. The molecule has 0 bridgehead atoms. The predicted octanol–water partition coefficient (Wildman–Crippen LogP) is 4.17. The van der Waals surface area contributed by atoms with Crippen LogP contribution < -0.4 is 10.6 Å². The molecule has 0 aliphatic heterocycles. The highest BCUT2D eigenvalue weighted by Gasteiger charge is 2.13. The van der Waals surface area contributed by atoms with E-state index in [-0.39, 0.29) is 11.9 Å². The number of carbonyl (C=O) groups is 1. The molecule has 0 aliphatic rings. The summed E-state index contributed by atoms with van der Waals surface area (Å²) in [5.74, 6) is -0.204. The molecule has 0 radical (unpaired) electrons. The van der Waals surface area contributed by atoms with Crippen molar-refractivity contribution in [2.45, 2.75) is 0 Å². The lowest BCUT2D eigenvalue weighted by atomic mass is 10.2. The van der Waals surface area contributed by atoms with Gasteiger partial charge in [0.05, 0.1) is 10.6 Å². The van der Waals surface area contributed by atoms with E-state index in [1.807, 2.05) is 0 Å². The summed E-state index contributed by atoms with van der Waals surface area (Å²) in [5.41, 5.74) is 0.989. The molecule has 0 saturated heterocycles. The van der Waals surface area contributed by atoms with Crippen LogP contribution in [0.4, 0.5) is 20.9 Å². The van der Waals surface area contributed by atoms with Crippen LogP contribution >= 0.6 is 11.6 Å². The lowest BCUT2D eigenvalue weighted by Crippen LogP contribution is -2.19. The number of urea groups is 1. The van der Waals surface area contributed by atoms with E-state index >= 15 is 0 Å². The minimum Gasteiger partial charge on any atom is -0.403 e. The molecule has 8 heteroatoms. The average molecular weight is 333 g/mol. The number of amides is 2. The molecule has 0 spiro atoms. The summed E-state index contributed by atoms with van der Waals surface area (Å²) in [7, 11) is 0. The fourth-order valence-corrected chi connectivity index (χ4v) is 2.03. The molecule has 1 heterocycles. The van der Waals surface area contributed by atoms with Crippen molar-refractivity contribution in [1.29, 1.82) is 0 Å². The standard InChI is InChI=1S/C15H10ClFN4O2/c16-12-4-2-1-3-11(12)13-20-21-15(23-13)19-14(22)18-10-7-5-9(17)6-8-10/h1-8H,(H2,18,19,21,22). The molecule has 2 amide bonds. The molecule has 2 aromatic carbocycles. The van der Waals surface area contributed by atoms with Gasteiger partial charge in [-0.1, -0.05) is 28.8 Å². The van der Waals surface area contributed by atoms with Gasteiger partial charge in [-0.25, -0.2) is 9.18 Å². The van der Waals surface area contributed by atoms with Crippen LogP contribution in [-0.2, 0) is 0 Å². The van der Waals surface area contributed by atoms with Gasteiger partial charge in [0, 0.05) is 5.69 Å². The van der Waals surface area contributed by atoms with Crippen molar-refractivity contribution in [1.82, 2.24) is 10.2 Å². The number of anilines is 2. The summed E-state index contributed by atoms with van der Waals surface area (Å²) in [4.78, 5) is 11.8. The largest absolute Gasteiger partial charge is 0.403 e. The summed E-state index contributed by atoms with van der Waals surface area (Å²) in [6.45, 7) is 0. The third-order valence-corrected chi connectivity index (χ3v) is 3.18. The maximum atomic E-state index is 12.8. The van der Waals surface area contributed by atoms with E-state index in [9.17, 15) is 9.18 Å². The molecule has 3 aromatic rings. The highest BCUT2D eigenvalue weighted by Crippen LogP contribution is 2.27. The van der Waals surface area contributed by atoms with Crippen LogP contribution in [0, 0.1) is 5.82 Å². The fourth-order valence-electron chi connectivity index (χ4n) is 1.81. The van der Waals surface area contributed by atoms with Gasteiger partial charge in [-0.3, -0.25) is 5.32 Å². The summed E-state index contributed by atoms with van der Waals surface area (Å²) >= 11 is 6.04. The molecule has 0 fully saturated rings. The van der Waals surface area contributed by atoms with Gasteiger partial charge in [-0.15, -0.1) is 5.10 Å². The number of nitrogens with one attached hydrogen (secondary N) is 2. The van der Waals surface area contributed by atoms with Crippen molar-refractivity contribution in [3.8, 4) is 11.5 Å². The first kappa shape index (κ1) is 15.0. The number of rotatable bonds is 3. The second kappa shape index (κ2) is 6.45. The number of carbonyl (C=O) groups excluding carboxylic acids is 1. The van der Waals surface area contributed by atoms with Gasteiger partial charge in [-0.2, -0.15) is 0 Å². The highest BCUT2D eigenvalue weighted by molar-refractivity contribution is 6.33. The maximum absolute atomic E-state index is 12.8. The van der Waals surface area contributed by atoms with Crippen molar-refractivity contribution in [2.24, 2.45) is 0 Å². The van der Waals surface area contributed by atoms with Crippen LogP contribution in [0.3, 0.4) is 0 Å². The predicted molar refractivity (Wildman–Crippen MR) is 83.8 cm³/mol. The van der Waals surface area contributed by atoms with E-state index in [4.69, 9.17) is 16.0 Å². The van der Waals surface area contributed by atoms with Crippen LogP contribution in [-0.4, -0.2) is 16.2 Å². The van der Waals surface area contributed by atoms with E-state index in [0.717, 1.165) is 0 Å². The molecule has 0 saturated carbocycles. The maximum Gasteiger partial charge on any atom is 0.327 e. The molecule has 0 aliphatic carbocycles. The van der Waals surface area contributed by atoms with Crippen LogP contribution in [0.5, 0.6) is 0 Å². The second-order valence-electron chi connectivity index (χ2n) is 4.48. The Hall–Kier alpha value is -2.93. The highest BCUT2D eigenvalue weighted by atomic mass is 35.5. The van der Waals surface area contributed by atoms with Crippen molar-refractivity contribution < 1.29 is 13.6 Å². The lowest BCUT2D eigenvalue weighted by Gasteiger charge is -2.04. The number of hydrogen-bond acceptors (Lipinski definition) is 4. The van der Waals surface area contributed by atoms with Crippen molar-refractivity contribution in [2.75, 3.05) is 10.6 Å². The number of aromatic nitrogens is 2. The zero-order valence-electron chi connectivity index (χ0n) is 11.6. The van der Waals surface area contributed by atoms with Crippen molar-refractivity contribution >= 4 is 29.3 Å². The summed E-state index contributed by atoms with van der Waals surface area (Å²) in [6, 6.07) is 11.6. The van der Waals surface area contributed by atoms with Crippen LogP contribution in [0.1, 0.15) is 0 Å². The normalized spacial score (nSPS) is 10.3. The Balaban J connectivity index is 1.68. The molecule has 1 aromatic heterocycles. The molecule has 2 N–H and O–H groups in total. The van der Waals surface area contributed by atoms with E-state index in [0.29, 0.717) is 16.3 Å². The van der Waals surface area contributed by atoms with E-state index in [1.54, 1.807) is 24.3 Å². The minimum absolute atomic E-state index is 0.0838. The first-order valence-corrected chi connectivity index (χ1v) is 6.91. The van der Waals surface area contributed by atoms with Gasteiger partial charge in [-0.05, 0) is 36.4 Å². The molecular formula is C15H10ClFN4O2. The SMILES string of the molecule is O=C(Nc1ccc(F)cc1)Nc1nnc(-c2ccccc2Cl)o1. The monoisotopic (exact) mass is 332 g/mol. The van der Waals surface area contributed by atoms with Crippen molar-refractivity contribution in [3.63, 3.8) is 0 Å². The number of hydrogen-bond donors (Lipinski definition) is 2. The van der Waals surface area contributed by atoms with Crippen LogP contribution in [0.15, 0.2) is 52.9 Å². The third kappa shape index (κ3) is 3.64. The topological polar surface area (TPSA) is 80.0 Å². The van der Waals surface area contributed by atoms with Crippen LogP contribution in [0.25, 0.3) is 11.5 Å². The van der Waals surface area contributed by atoms with Gasteiger partial charge in [0.1, 0.15) is 5.82 Å². The van der Waals surface area contributed by atoms with Gasteiger partial charge in [0.15, 0.2) is 0 Å². The molecule has 6 nitrogen and oxygen atoms in total. The molecule has 116 valence electrons. The first-order valence-electron chi connectivity index (χ1n) is 6.54. The zero-order valence-corrected chi connectivity index (χ0v) is 12.3. The minimum atomic E-state index is -0.592. The number of halogens is 2. The molecule has 3 rings (SSSR count). The summed E-state index contributed by atoms with van der Waals surface area (Å²) in [6.07, 6.45) is 0. The smallest absolute Gasteiger partial charge is 0.327 e. The van der Waals surface area contributed by atoms with E-state index < -0.39 is 11.8 Å². The van der Waals surface area contributed by atoms with Crippen LogP contribution in [0.2, 0.25) is 5.02 Å². The molecular weight excluding hydrogens is 323 g/mol. The van der Waals surface area contributed by atoms with Crippen molar-refractivity contribution in [3.05, 3.63) is 59.4 Å². The molecule has 0 atom stereocenters. The average Bonchev–Trinajstić information content (AvgIpc) is 2.98. The Morgan fingerprint density at radius 3 is 2.52 bits per heavy atom. The van der Waals surface area contributed by atoms with E-state index in [1.165, 1.54) is 24.3 Å². The lowest BCUT2D eigenvalue weighted by molar-refractivity contribution is 0.261. The number of benzene rings is 2. The van der Waals surface area contributed by atoms with E-state index in [2.05, 4.69) is 20.8 Å². The van der Waals surface area contributed by atoms with Gasteiger partial charge >= 0.3 is 12.0 Å². The van der Waals surface area contributed by atoms with Gasteiger partial charge in [0.25, 0.3) is 5.89 Å².